The maximum atomic E-state index is 12.5. The lowest BCUT2D eigenvalue weighted by Gasteiger charge is -2.06. The van der Waals surface area contributed by atoms with E-state index in [4.69, 9.17) is 5.26 Å². The highest BCUT2D eigenvalue weighted by molar-refractivity contribution is 5.97. The van der Waals surface area contributed by atoms with Crippen LogP contribution >= 0.6 is 0 Å². The molecule has 4 aromatic heterocycles. The van der Waals surface area contributed by atoms with Crippen LogP contribution in [0.25, 0.3) is 22.2 Å². The Bertz CT molecular complexity index is 1200. The van der Waals surface area contributed by atoms with E-state index in [1.807, 2.05) is 29.8 Å². The summed E-state index contributed by atoms with van der Waals surface area (Å²) in [5, 5.41) is 9.83. The quantitative estimate of drug-likeness (QED) is 0.523. The third-order valence-electron chi connectivity index (χ3n) is 4.27. The molecule has 0 amide bonds. The molecule has 0 aliphatic carbocycles. The molecule has 0 saturated heterocycles. The van der Waals surface area contributed by atoms with Crippen molar-refractivity contribution in [1.29, 1.82) is 5.26 Å². The van der Waals surface area contributed by atoms with Crippen molar-refractivity contribution in [3.63, 3.8) is 0 Å². The molecule has 4 rings (SSSR count). The fourth-order valence-corrected chi connectivity index (χ4v) is 2.88. The zero-order valence-corrected chi connectivity index (χ0v) is 14.5. The molecule has 7 heteroatoms. The van der Waals surface area contributed by atoms with Crippen molar-refractivity contribution in [3.8, 4) is 17.3 Å². The number of imidazole rings is 1. The Morgan fingerprint density at radius 2 is 2.04 bits per heavy atom. The van der Waals surface area contributed by atoms with Gasteiger partial charge in [0.2, 0.25) is 0 Å². The molecular weight excluding hydrogens is 340 g/mol. The van der Waals surface area contributed by atoms with Gasteiger partial charge in [0.25, 0.3) is 0 Å². The molecule has 0 fully saturated rings. The zero-order valence-electron chi connectivity index (χ0n) is 14.5. The smallest absolute Gasteiger partial charge is 0.168 e. The van der Waals surface area contributed by atoms with E-state index in [1.54, 1.807) is 31.0 Å². The largest absolute Gasteiger partial charge is 0.334 e. The van der Waals surface area contributed by atoms with E-state index in [2.05, 4.69) is 19.9 Å². The van der Waals surface area contributed by atoms with Gasteiger partial charge in [0, 0.05) is 41.6 Å². The molecule has 27 heavy (non-hydrogen) atoms. The molecule has 7 nitrogen and oxygen atoms in total. The summed E-state index contributed by atoms with van der Waals surface area (Å²) >= 11 is 0. The molecule has 0 saturated carbocycles. The Morgan fingerprint density at radius 1 is 1.15 bits per heavy atom. The third-order valence-corrected chi connectivity index (χ3v) is 4.27. The average Bonchev–Trinajstić information content (AvgIpc) is 3.13. The van der Waals surface area contributed by atoms with Gasteiger partial charge in [-0.25, -0.2) is 9.97 Å². The second kappa shape index (κ2) is 6.77. The van der Waals surface area contributed by atoms with Gasteiger partial charge in [-0.1, -0.05) is 0 Å². The molecule has 0 unspecified atom stereocenters. The number of aromatic nitrogens is 5. The van der Waals surface area contributed by atoms with Crippen LogP contribution in [0.3, 0.4) is 0 Å². The predicted molar refractivity (Wildman–Crippen MR) is 98.7 cm³/mol. The summed E-state index contributed by atoms with van der Waals surface area (Å²) in [6, 6.07) is 8.91. The fourth-order valence-electron chi connectivity index (χ4n) is 2.88. The van der Waals surface area contributed by atoms with Crippen molar-refractivity contribution in [2.24, 2.45) is 7.05 Å². The van der Waals surface area contributed by atoms with Gasteiger partial charge in [0.1, 0.15) is 11.8 Å². The maximum Gasteiger partial charge on any atom is 0.168 e. The Balaban J connectivity index is 1.65. The molecule has 0 aromatic carbocycles. The van der Waals surface area contributed by atoms with E-state index < -0.39 is 0 Å². The number of aryl methyl sites for hydroxylation is 1. The number of pyridine rings is 3. The molecule has 0 bridgehead atoms. The predicted octanol–water partition coefficient (Wildman–Crippen LogP) is 2.72. The van der Waals surface area contributed by atoms with Crippen LogP contribution in [0.2, 0.25) is 0 Å². The molecule has 0 spiro atoms. The van der Waals surface area contributed by atoms with E-state index in [0.29, 0.717) is 11.3 Å². The zero-order chi connectivity index (χ0) is 18.8. The van der Waals surface area contributed by atoms with E-state index in [1.165, 1.54) is 12.3 Å². The number of carbonyl (C=O) groups excluding carboxylic acids is 1. The number of carbonyl (C=O) groups is 1. The molecule has 0 N–H and O–H groups in total. The van der Waals surface area contributed by atoms with Crippen molar-refractivity contribution < 1.29 is 4.79 Å². The molecule has 0 radical (unpaired) electrons. The normalized spacial score (nSPS) is 10.7. The Hall–Kier alpha value is -3.92. The summed E-state index contributed by atoms with van der Waals surface area (Å²) in [5.74, 6) is -0.114. The number of fused-ring (bicyclic) bond motifs is 1. The van der Waals surface area contributed by atoms with Crippen LogP contribution < -0.4 is 0 Å². The summed E-state index contributed by atoms with van der Waals surface area (Å²) in [7, 11) is 1.92. The minimum atomic E-state index is -0.114. The van der Waals surface area contributed by atoms with Gasteiger partial charge in [0.05, 0.1) is 36.4 Å². The summed E-state index contributed by atoms with van der Waals surface area (Å²) in [6.45, 7) is 0. The SMILES string of the molecule is Cn1cncc1-c1cnc2cnc(CC(=O)c3ccnc(C#N)c3)cc2c1. The highest BCUT2D eigenvalue weighted by atomic mass is 16.1. The highest BCUT2D eigenvalue weighted by Gasteiger charge is 2.11. The first-order valence-electron chi connectivity index (χ1n) is 8.25. The second-order valence-electron chi connectivity index (χ2n) is 6.12. The molecular formula is C20H14N6O. The van der Waals surface area contributed by atoms with Crippen molar-refractivity contribution in [2.45, 2.75) is 6.42 Å². The number of Topliss-reactive ketones (excluding diaryl/α,β-unsaturated/α-hetero) is 1. The molecule has 0 atom stereocenters. The summed E-state index contributed by atoms with van der Waals surface area (Å²) in [5.41, 5.74) is 3.97. The minimum absolute atomic E-state index is 0.114. The van der Waals surface area contributed by atoms with Gasteiger partial charge in [-0.2, -0.15) is 5.26 Å². The van der Waals surface area contributed by atoms with Crippen LogP contribution in [0.1, 0.15) is 21.7 Å². The number of hydrogen-bond donors (Lipinski definition) is 0. The van der Waals surface area contributed by atoms with Gasteiger partial charge in [-0.05, 0) is 24.3 Å². The monoisotopic (exact) mass is 354 g/mol. The summed E-state index contributed by atoms with van der Waals surface area (Å²) in [6.07, 6.45) is 8.57. The van der Waals surface area contributed by atoms with Crippen molar-refractivity contribution in [1.82, 2.24) is 24.5 Å². The number of ketones is 1. The maximum absolute atomic E-state index is 12.5. The highest BCUT2D eigenvalue weighted by Crippen LogP contribution is 2.22. The van der Waals surface area contributed by atoms with Crippen LogP contribution in [0, 0.1) is 11.3 Å². The van der Waals surface area contributed by atoms with Crippen molar-refractivity contribution in [2.75, 3.05) is 0 Å². The van der Waals surface area contributed by atoms with E-state index in [-0.39, 0.29) is 17.9 Å². The van der Waals surface area contributed by atoms with Crippen LogP contribution in [-0.4, -0.2) is 30.3 Å². The summed E-state index contributed by atoms with van der Waals surface area (Å²) in [4.78, 5) is 29.3. The molecule has 130 valence electrons. The first kappa shape index (κ1) is 16.5. The van der Waals surface area contributed by atoms with Crippen LogP contribution in [0.4, 0.5) is 0 Å². The molecule has 0 aliphatic rings. The lowest BCUT2D eigenvalue weighted by atomic mass is 10.1. The number of nitriles is 1. The molecule has 4 aromatic rings. The Morgan fingerprint density at radius 3 is 2.81 bits per heavy atom. The van der Waals surface area contributed by atoms with Gasteiger partial charge < -0.3 is 4.57 Å². The lowest BCUT2D eigenvalue weighted by molar-refractivity contribution is 0.0992. The fraction of sp³-hybridized carbons (Fsp3) is 0.100. The number of hydrogen-bond acceptors (Lipinski definition) is 6. The average molecular weight is 354 g/mol. The van der Waals surface area contributed by atoms with E-state index >= 15 is 0 Å². The Kier molecular flexibility index (Phi) is 4.15. The van der Waals surface area contributed by atoms with Gasteiger partial charge in [0.15, 0.2) is 5.78 Å². The first-order chi connectivity index (χ1) is 13.1. The van der Waals surface area contributed by atoms with Crippen LogP contribution in [-0.2, 0) is 13.5 Å². The lowest BCUT2D eigenvalue weighted by Crippen LogP contribution is -2.06. The standard InChI is InChI=1S/C20H14N6O/c1-26-12-22-11-19(26)15-4-14-6-16(24-10-18(14)25-9-15)7-20(27)13-2-3-23-17(5-13)8-21/h2-6,9-12H,7H2,1H3. The summed E-state index contributed by atoms with van der Waals surface area (Å²) < 4.78 is 1.92. The van der Waals surface area contributed by atoms with Gasteiger partial charge >= 0.3 is 0 Å². The molecule has 4 heterocycles. The second-order valence-corrected chi connectivity index (χ2v) is 6.12. The first-order valence-corrected chi connectivity index (χ1v) is 8.25. The van der Waals surface area contributed by atoms with E-state index in [9.17, 15) is 4.79 Å². The van der Waals surface area contributed by atoms with Crippen molar-refractivity contribution in [3.05, 3.63) is 72.3 Å². The minimum Gasteiger partial charge on any atom is -0.334 e. The number of nitrogens with zero attached hydrogens (tertiary/aromatic N) is 6. The van der Waals surface area contributed by atoms with Gasteiger partial charge in [-0.15, -0.1) is 0 Å². The van der Waals surface area contributed by atoms with Gasteiger partial charge in [-0.3, -0.25) is 14.8 Å². The van der Waals surface area contributed by atoms with E-state index in [0.717, 1.165) is 22.2 Å². The van der Waals surface area contributed by atoms with Crippen molar-refractivity contribution >= 4 is 16.7 Å². The third kappa shape index (κ3) is 3.28. The topological polar surface area (TPSA) is 97.3 Å². The van der Waals surface area contributed by atoms with Crippen LogP contribution in [0.15, 0.2) is 55.4 Å². The Labute approximate surface area is 155 Å². The number of rotatable bonds is 4. The molecule has 0 aliphatic heterocycles. The van der Waals surface area contributed by atoms with Crippen LogP contribution in [0.5, 0.6) is 0 Å².